The minimum absolute atomic E-state index is 0.911. The van der Waals surface area contributed by atoms with Crippen LogP contribution in [-0.4, -0.2) is 13.7 Å². The summed E-state index contributed by atoms with van der Waals surface area (Å²) in [6.45, 7) is 8.36. The Hall–Kier alpha value is -1.80. The molecule has 112 valence electrons. The van der Waals surface area contributed by atoms with Gasteiger partial charge in [0.2, 0.25) is 0 Å². The second-order valence-electron chi connectivity index (χ2n) is 5.48. The Balaban J connectivity index is 2.38. The molecule has 0 aliphatic rings. The fourth-order valence-electron chi connectivity index (χ4n) is 2.78. The largest absolute Gasteiger partial charge is 0.496 e. The van der Waals surface area contributed by atoms with E-state index in [1.165, 1.54) is 27.8 Å². The van der Waals surface area contributed by atoms with Crippen LogP contribution in [0.25, 0.3) is 11.1 Å². The molecule has 2 nitrogen and oxygen atoms in total. The van der Waals surface area contributed by atoms with Crippen molar-refractivity contribution in [3.05, 3.63) is 53.1 Å². The lowest BCUT2D eigenvalue weighted by Crippen LogP contribution is -2.14. The van der Waals surface area contributed by atoms with Crippen molar-refractivity contribution in [2.45, 2.75) is 33.7 Å². The van der Waals surface area contributed by atoms with Crippen molar-refractivity contribution in [2.24, 2.45) is 0 Å². The highest BCUT2D eigenvalue weighted by molar-refractivity contribution is 5.70. The Bertz CT molecular complexity index is 581. The first-order valence-electron chi connectivity index (χ1n) is 7.61. The topological polar surface area (TPSA) is 21.3 Å². The lowest BCUT2D eigenvalue weighted by atomic mass is 9.96. The molecule has 0 fully saturated rings. The zero-order chi connectivity index (χ0) is 15.2. The first kappa shape index (κ1) is 15.6. The summed E-state index contributed by atoms with van der Waals surface area (Å²) in [5.74, 6) is 0.986. The van der Waals surface area contributed by atoms with E-state index in [1.807, 2.05) is 0 Å². The minimum atomic E-state index is 0.911. The van der Waals surface area contributed by atoms with Gasteiger partial charge in [0.25, 0.3) is 0 Å². The summed E-state index contributed by atoms with van der Waals surface area (Å²) in [7, 11) is 1.73. The van der Waals surface area contributed by atoms with Crippen LogP contribution in [0.1, 0.15) is 30.0 Å². The summed E-state index contributed by atoms with van der Waals surface area (Å²) in [6.07, 6.45) is 1.16. The zero-order valence-electron chi connectivity index (χ0n) is 13.5. The zero-order valence-corrected chi connectivity index (χ0v) is 13.5. The van der Waals surface area contributed by atoms with Crippen molar-refractivity contribution in [2.75, 3.05) is 13.7 Å². The molecule has 0 aliphatic carbocycles. The molecule has 2 heteroatoms. The first-order chi connectivity index (χ1) is 10.2. The molecule has 0 radical (unpaired) electrons. The van der Waals surface area contributed by atoms with E-state index in [-0.39, 0.29) is 0 Å². The molecule has 21 heavy (non-hydrogen) atoms. The van der Waals surface area contributed by atoms with Gasteiger partial charge in [-0.25, -0.2) is 0 Å². The maximum absolute atomic E-state index is 5.46. The predicted octanol–water partition coefficient (Wildman–Crippen LogP) is 4.48. The van der Waals surface area contributed by atoms with Crippen LogP contribution < -0.4 is 10.1 Å². The van der Waals surface area contributed by atoms with Crippen molar-refractivity contribution in [3.63, 3.8) is 0 Å². The average Bonchev–Trinajstić information content (AvgIpc) is 2.47. The maximum Gasteiger partial charge on any atom is 0.124 e. The molecule has 0 atom stereocenters. The van der Waals surface area contributed by atoms with Crippen LogP contribution in [0.5, 0.6) is 5.75 Å². The van der Waals surface area contributed by atoms with Gasteiger partial charge in [0.1, 0.15) is 5.75 Å². The number of hydrogen-bond donors (Lipinski definition) is 1. The SMILES string of the molecule is CCCNCc1ccccc1-c1cc(C)c(OC)c(C)c1. The Morgan fingerprint density at radius 1 is 1.05 bits per heavy atom. The molecule has 0 amide bonds. The third kappa shape index (κ3) is 3.64. The van der Waals surface area contributed by atoms with Crippen molar-refractivity contribution >= 4 is 0 Å². The van der Waals surface area contributed by atoms with Gasteiger partial charge in [0.05, 0.1) is 7.11 Å². The highest BCUT2D eigenvalue weighted by atomic mass is 16.5. The van der Waals surface area contributed by atoms with Crippen LogP contribution in [0.4, 0.5) is 0 Å². The van der Waals surface area contributed by atoms with E-state index in [0.717, 1.165) is 25.3 Å². The van der Waals surface area contributed by atoms with Gasteiger partial charge in [-0.15, -0.1) is 0 Å². The number of ether oxygens (including phenoxy) is 1. The maximum atomic E-state index is 5.46. The quantitative estimate of drug-likeness (QED) is 0.789. The van der Waals surface area contributed by atoms with Gasteiger partial charge < -0.3 is 10.1 Å². The van der Waals surface area contributed by atoms with Gasteiger partial charge in [0, 0.05) is 6.54 Å². The molecule has 0 aliphatic heterocycles. The molecule has 0 aromatic heterocycles. The summed E-state index contributed by atoms with van der Waals surface area (Å²) >= 11 is 0. The van der Waals surface area contributed by atoms with E-state index >= 15 is 0 Å². The van der Waals surface area contributed by atoms with Crippen LogP contribution in [-0.2, 0) is 6.54 Å². The second kappa shape index (κ2) is 7.28. The number of rotatable bonds is 6. The smallest absolute Gasteiger partial charge is 0.124 e. The fourth-order valence-corrected chi connectivity index (χ4v) is 2.78. The van der Waals surface area contributed by atoms with Crippen molar-refractivity contribution in [1.82, 2.24) is 5.32 Å². The number of aryl methyl sites for hydroxylation is 2. The van der Waals surface area contributed by atoms with Crippen LogP contribution in [0.2, 0.25) is 0 Å². The Labute approximate surface area is 128 Å². The van der Waals surface area contributed by atoms with Crippen molar-refractivity contribution in [1.29, 1.82) is 0 Å². The lowest BCUT2D eigenvalue weighted by Gasteiger charge is -2.14. The predicted molar refractivity (Wildman–Crippen MR) is 89.9 cm³/mol. The number of hydrogen-bond acceptors (Lipinski definition) is 2. The van der Waals surface area contributed by atoms with Gasteiger partial charge in [-0.2, -0.15) is 0 Å². The molecular weight excluding hydrogens is 258 g/mol. The molecule has 0 spiro atoms. The van der Waals surface area contributed by atoms with Gasteiger partial charge in [-0.05, 0) is 66.8 Å². The van der Waals surface area contributed by atoms with Crippen LogP contribution >= 0.6 is 0 Å². The van der Waals surface area contributed by atoms with Gasteiger partial charge in [0.15, 0.2) is 0 Å². The van der Waals surface area contributed by atoms with Gasteiger partial charge in [-0.3, -0.25) is 0 Å². The van der Waals surface area contributed by atoms with E-state index < -0.39 is 0 Å². The fraction of sp³-hybridized carbons (Fsp3) is 0.368. The molecule has 0 saturated carbocycles. The third-order valence-electron chi connectivity index (χ3n) is 3.74. The summed E-state index contributed by atoms with van der Waals surface area (Å²) in [5.41, 5.74) is 6.28. The highest BCUT2D eigenvalue weighted by Gasteiger charge is 2.09. The van der Waals surface area contributed by atoms with E-state index in [9.17, 15) is 0 Å². The van der Waals surface area contributed by atoms with Gasteiger partial charge in [-0.1, -0.05) is 31.2 Å². The normalized spacial score (nSPS) is 10.7. The Morgan fingerprint density at radius 3 is 2.33 bits per heavy atom. The first-order valence-corrected chi connectivity index (χ1v) is 7.61. The molecule has 0 unspecified atom stereocenters. The van der Waals surface area contributed by atoms with Crippen LogP contribution in [0.3, 0.4) is 0 Å². The van der Waals surface area contributed by atoms with E-state index in [4.69, 9.17) is 4.74 Å². The molecular formula is C19H25NO. The van der Waals surface area contributed by atoms with Crippen LogP contribution in [0, 0.1) is 13.8 Å². The lowest BCUT2D eigenvalue weighted by molar-refractivity contribution is 0.408. The van der Waals surface area contributed by atoms with E-state index in [2.05, 4.69) is 62.5 Å². The number of methoxy groups -OCH3 is 1. The Morgan fingerprint density at radius 2 is 1.71 bits per heavy atom. The minimum Gasteiger partial charge on any atom is -0.496 e. The molecule has 2 aromatic carbocycles. The monoisotopic (exact) mass is 283 g/mol. The summed E-state index contributed by atoms with van der Waals surface area (Å²) in [6, 6.07) is 13.0. The highest BCUT2D eigenvalue weighted by Crippen LogP contribution is 2.31. The van der Waals surface area contributed by atoms with E-state index in [0.29, 0.717) is 0 Å². The average molecular weight is 283 g/mol. The van der Waals surface area contributed by atoms with Crippen molar-refractivity contribution in [3.8, 4) is 16.9 Å². The van der Waals surface area contributed by atoms with Gasteiger partial charge >= 0.3 is 0 Å². The Kier molecular flexibility index (Phi) is 5.40. The summed E-state index contributed by atoms with van der Waals surface area (Å²) < 4.78 is 5.46. The number of benzene rings is 2. The third-order valence-corrected chi connectivity index (χ3v) is 3.74. The summed E-state index contributed by atoms with van der Waals surface area (Å²) in [4.78, 5) is 0. The molecule has 2 rings (SSSR count). The molecule has 2 aromatic rings. The molecule has 0 saturated heterocycles. The summed E-state index contributed by atoms with van der Waals surface area (Å²) in [5, 5.41) is 3.49. The number of nitrogens with one attached hydrogen (secondary N) is 1. The standard InChI is InChI=1S/C19H25NO/c1-5-10-20-13-16-8-6-7-9-18(16)17-11-14(2)19(21-4)15(3)12-17/h6-9,11-12,20H,5,10,13H2,1-4H3. The van der Waals surface area contributed by atoms with Crippen molar-refractivity contribution < 1.29 is 4.74 Å². The molecule has 1 N–H and O–H groups in total. The van der Waals surface area contributed by atoms with Crippen LogP contribution in [0.15, 0.2) is 36.4 Å². The van der Waals surface area contributed by atoms with E-state index in [1.54, 1.807) is 7.11 Å². The second-order valence-corrected chi connectivity index (χ2v) is 5.48. The molecule has 0 bridgehead atoms. The molecule has 0 heterocycles.